The summed E-state index contributed by atoms with van der Waals surface area (Å²) in [5.41, 5.74) is 0.746. The van der Waals surface area contributed by atoms with Crippen molar-refractivity contribution in [3.63, 3.8) is 0 Å². The second-order valence-electron chi connectivity index (χ2n) is 5.28. The predicted octanol–water partition coefficient (Wildman–Crippen LogP) is 2.44. The summed E-state index contributed by atoms with van der Waals surface area (Å²) in [4.78, 5) is 35.3. The number of anilines is 1. The lowest BCUT2D eigenvalue weighted by Gasteiger charge is -2.08. The van der Waals surface area contributed by atoms with E-state index in [0.717, 1.165) is 12.8 Å². The molecule has 1 N–H and O–H groups in total. The first kappa shape index (κ1) is 17.5. The Labute approximate surface area is 140 Å². The minimum Gasteiger partial charge on any atom is -0.462 e. The number of ether oxygens (including phenoxy) is 1. The normalized spacial score (nSPS) is 10.2. The van der Waals surface area contributed by atoms with Gasteiger partial charge in [-0.2, -0.15) is 0 Å². The molecular weight excluding hydrogens is 308 g/mol. The number of pyridine rings is 1. The highest BCUT2D eigenvalue weighted by Crippen LogP contribution is 2.11. The summed E-state index contributed by atoms with van der Waals surface area (Å²) in [6.45, 7) is 2.36. The molecule has 0 unspecified atom stereocenters. The Kier molecular flexibility index (Phi) is 6.31. The molecule has 1 heterocycles. The molecule has 6 nitrogen and oxygen atoms in total. The van der Waals surface area contributed by atoms with Gasteiger partial charge in [-0.15, -0.1) is 0 Å². The van der Waals surface area contributed by atoms with Gasteiger partial charge in [0.15, 0.2) is 0 Å². The number of esters is 1. The fraction of sp³-hybridized carbons (Fsp3) is 0.278. The first-order valence-corrected chi connectivity index (χ1v) is 7.82. The molecule has 2 aromatic rings. The van der Waals surface area contributed by atoms with E-state index >= 15 is 0 Å². The zero-order chi connectivity index (χ0) is 17.4. The van der Waals surface area contributed by atoms with Gasteiger partial charge in [0.25, 0.3) is 5.56 Å². The van der Waals surface area contributed by atoms with Gasteiger partial charge in [0, 0.05) is 18.0 Å². The van der Waals surface area contributed by atoms with Gasteiger partial charge in [-0.05, 0) is 36.8 Å². The van der Waals surface area contributed by atoms with Crippen LogP contribution in [0.3, 0.4) is 0 Å². The molecule has 0 bridgehead atoms. The van der Waals surface area contributed by atoms with Crippen LogP contribution in [0.5, 0.6) is 0 Å². The Morgan fingerprint density at radius 1 is 1.12 bits per heavy atom. The van der Waals surface area contributed by atoms with E-state index in [-0.39, 0.29) is 24.0 Å². The standard InChI is InChI=1S/C18H20N2O4/c1-2-3-12-24-18(23)14-7-9-15(10-8-14)19-16(21)13-20-11-5-4-6-17(20)22/h4-11H,2-3,12-13H2,1H3,(H,19,21). The third kappa shape index (κ3) is 5.08. The largest absolute Gasteiger partial charge is 0.462 e. The van der Waals surface area contributed by atoms with E-state index in [1.165, 1.54) is 10.6 Å². The number of hydrogen-bond donors (Lipinski definition) is 1. The number of unbranched alkanes of at least 4 members (excludes halogenated alkanes) is 1. The van der Waals surface area contributed by atoms with E-state index in [0.29, 0.717) is 17.9 Å². The van der Waals surface area contributed by atoms with Crippen LogP contribution in [0.4, 0.5) is 5.69 Å². The van der Waals surface area contributed by atoms with E-state index in [1.54, 1.807) is 42.6 Å². The maximum Gasteiger partial charge on any atom is 0.338 e. The summed E-state index contributed by atoms with van der Waals surface area (Å²) in [6.07, 6.45) is 3.35. The van der Waals surface area contributed by atoms with E-state index < -0.39 is 0 Å². The molecule has 1 aromatic heterocycles. The maximum absolute atomic E-state index is 12.0. The highest BCUT2D eigenvalue weighted by atomic mass is 16.5. The van der Waals surface area contributed by atoms with Crippen molar-refractivity contribution in [3.8, 4) is 0 Å². The van der Waals surface area contributed by atoms with Crippen LogP contribution in [-0.4, -0.2) is 23.1 Å². The number of hydrogen-bond acceptors (Lipinski definition) is 4. The molecule has 6 heteroatoms. The molecule has 1 amide bonds. The molecule has 0 fully saturated rings. The van der Waals surface area contributed by atoms with Crippen LogP contribution in [-0.2, 0) is 16.1 Å². The maximum atomic E-state index is 12.0. The molecule has 0 aliphatic carbocycles. The van der Waals surface area contributed by atoms with Crippen LogP contribution < -0.4 is 10.9 Å². The third-order valence-electron chi connectivity index (χ3n) is 3.35. The zero-order valence-corrected chi connectivity index (χ0v) is 13.5. The molecule has 1 aromatic carbocycles. The lowest BCUT2D eigenvalue weighted by Crippen LogP contribution is -2.26. The van der Waals surface area contributed by atoms with E-state index in [9.17, 15) is 14.4 Å². The number of benzene rings is 1. The Balaban J connectivity index is 1.91. The topological polar surface area (TPSA) is 77.4 Å². The Morgan fingerprint density at radius 2 is 1.88 bits per heavy atom. The number of carbonyl (C=O) groups is 2. The molecule has 24 heavy (non-hydrogen) atoms. The Morgan fingerprint density at radius 3 is 2.54 bits per heavy atom. The fourth-order valence-electron chi connectivity index (χ4n) is 2.03. The van der Waals surface area contributed by atoms with Gasteiger partial charge in [0.2, 0.25) is 5.91 Å². The Bertz CT molecular complexity index is 750. The van der Waals surface area contributed by atoms with Crippen LogP contribution >= 0.6 is 0 Å². The van der Waals surface area contributed by atoms with Gasteiger partial charge >= 0.3 is 5.97 Å². The van der Waals surface area contributed by atoms with Gasteiger partial charge in [0.05, 0.1) is 12.2 Å². The minimum atomic E-state index is -0.378. The van der Waals surface area contributed by atoms with Crippen molar-refractivity contribution in [3.05, 3.63) is 64.6 Å². The van der Waals surface area contributed by atoms with Crippen molar-refractivity contribution >= 4 is 17.6 Å². The predicted molar refractivity (Wildman–Crippen MR) is 91.0 cm³/mol. The summed E-state index contributed by atoms with van der Waals surface area (Å²) in [5, 5.41) is 2.69. The molecule has 0 aliphatic heterocycles. The molecule has 0 radical (unpaired) electrons. The number of nitrogens with zero attached hydrogens (tertiary/aromatic N) is 1. The summed E-state index contributed by atoms with van der Waals surface area (Å²) in [6, 6.07) is 11.1. The van der Waals surface area contributed by atoms with Crippen molar-refractivity contribution in [2.24, 2.45) is 0 Å². The number of amides is 1. The molecular formula is C18H20N2O4. The van der Waals surface area contributed by atoms with E-state index in [2.05, 4.69) is 5.32 Å². The zero-order valence-electron chi connectivity index (χ0n) is 13.5. The third-order valence-corrected chi connectivity index (χ3v) is 3.35. The second-order valence-corrected chi connectivity index (χ2v) is 5.28. The van der Waals surface area contributed by atoms with Crippen molar-refractivity contribution < 1.29 is 14.3 Å². The van der Waals surface area contributed by atoms with Crippen molar-refractivity contribution in [2.75, 3.05) is 11.9 Å². The molecule has 0 spiro atoms. The minimum absolute atomic E-state index is 0.0690. The number of carbonyl (C=O) groups excluding carboxylic acids is 2. The molecule has 0 saturated heterocycles. The van der Waals surface area contributed by atoms with Gasteiger partial charge in [-0.25, -0.2) is 4.79 Å². The summed E-state index contributed by atoms with van der Waals surface area (Å²) < 4.78 is 6.43. The average molecular weight is 328 g/mol. The Hall–Kier alpha value is -2.89. The molecule has 0 aliphatic rings. The quantitative estimate of drug-likeness (QED) is 0.625. The highest BCUT2D eigenvalue weighted by molar-refractivity contribution is 5.93. The average Bonchev–Trinajstić information content (AvgIpc) is 2.58. The van der Waals surface area contributed by atoms with E-state index in [4.69, 9.17) is 4.74 Å². The fourth-order valence-corrected chi connectivity index (χ4v) is 2.03. The molecule has 0 atom stereocenters. The van der Waals surface area contributed by atoms with Crippen LogP contribution in [0.15, 0.2) is 53.5 Å². The van der Waals surface area contributed by atoms with Crippen LogP contribution in [0.25, 0.3) is 0 Å². The monoisotopic (exact) mass is 328 g/mol. The number of nitrogens with one attached hydrogen (secondary N) is 1. The van der Waals surface area contributed by atoms with Crippen LogP contribution in [0.1, 0.15) is 30.1 Å². The second kappa shape index (κ2) is 8.67. The van der Waals surface area contributed by atoms with E-state index in [1.807, 2.05) is 6.92 Å². The first-order chi connectivity index (χ1) is 11.6. The lowest BCUT2D eigenvalue weighted by atomic mass is 10.2. The molecule has 2 rings (SSSR count). The van der Waals surface area contributed by atoms with Gasteiger partial charge in [-0.3, -0.25) is 9.59 Å². The highest BCUT2D eigenvalue weighted by Gasteiger charge is 2.08. The lowest BCUT2D eigenvalue weighted by molar-refractivity contribution is -0.116. The summed E-state index contributed by atoms with van der Waals surface area (Å²) in [5.74, 6) is -0.696. The molecule has 0 saturated carbocycles. The van der Waals surface area contributed by atoms with Gasteiger partial charge in [-0.1, -0.05) is 19.4 Å². The summed E-state index contributed by atoms with van der Waals surface area (Å²) in [7, 11) is 0. The smallest absolute Gasteiger partial charge is 0.338 e. The van der Waals surface area contributed by atoms with Crippen molar-refractivity contribution in [2.45, 2.75) is 26.3 Å². The van der Waals surface area contributed by atoms with Gasteiger partial charge in [0.1, 0.15) is 6.54 Å². The SMILES string of the molecule is CCCCOC(=O)c1ccc(NC(=O)Cn2ccccc2=O)cc1. The van der Waals surface area contributed by atoms with Crippen LogP contribution in [0.2, 0.25) is 0 Å². The van der Waals surface area contributed by atoms with Crippen LogP contribution in [0, 0.1) is 0 Å². The number of rotatable bonds is 7. The number of aromatic nitrogens is 1. The van der Waals surface area contributed by atoms with Crippen molar-refractivity contribution in [1.29, 1.82) is 0 Å². The molecule has 126 valence electrons. The van der Waals surface area contributed by atoms with Crippen molar-refractivity contribution in [1.82, 2.24) is 4.57 Å². The summed E-state index contributed by atoms with van der Waals surface area (Å²) >= 11 is 0. The van der Waals surface area contributed by atoms with Gasteiger partial charge < -0.3 is 14.6 Å². The first-order valence-electron chi connectivity index (χ1n) is 7.82.